The van der Waals surface area contributed by atoms with E-state index in [-0.39, 0.29) is 18.6 Å². The third-order valence-corrected chi connectivity index (χ3v) is 6.51. The third-order valence-electron chi connectivity index (χ3n) is 6.51. The van der Waals surface area contributed by atoms with Crippen molar-refractivity contribution in [1.29, 1.82) is 0 Å². The number of benzene rings is 1. The fourth-order valence-electron chi connectivity index (χ4n) is 4.71. The Balaban J connectivity index is 1.35. The molecule has 1 amide bonds. The van der Waals surface area contributed by atoms with Crippen molar-refractivity contribution in [3.63, 3.8) is 0 Å². The highest BCUT2D eigenvalue weighted by Crippen LogP contribution is 2.44. The Morgan fingerprint density at radius 3 is 2.91 bits per heavy atom. The lowest BCUT2D eigenvalue weighted by Crippen LogP contribution is -2.44. The Bertz CT molecular complexity index is 1170. The first-order valence-electron chi connectivity index (χ1n) is 11.5. The Labute approximate surface area is 197 Å². The number of carbonyl (C=O) groups excluding carboxylic acids is 1. The van der Waals surface area contributed by atoms with Crippen LogP contribution in [-0.2, 0) is 20.7 Å². The quantitative estimate of drug-likeness (QED) is 0.661. The van der Waals surface area contributed by atoms with E-state index in [2.05, 4.69) is 15.2 Å². The minimum Gasteiger partial charge on any atom is -0.482 e. The Morgan fingerprint density at radius 1 is 1.29 bits per heavy atom. The maximum atomic E-state index is 13.6. The molecule has 7 nitrogen and oxygen atoms in total. The van der Waals surface area contributed by atoms with Crippen molar-refractivity contribution < 1.29 is 23.8 Å². The summed E-state index contributed by atoms with van der Waals surface area (Å²) in [4.78, 5) is 19.6. The molecule has 1 aromatic carbocycles. The number of aromatic nitrogens is 1. The molecular formula is C26H28FN3O4. The predicted octanol–water partition coefficient (Wildman–Crippen LogP) is 3.01. The molecule has 34 heavy (non-hydrogen) atoms. The summed E-state index contributed by atoms with van der Waals surface area (Å²) < 4.78 is 25.3. The first-order chi connectivity index (χ1) is 16.3. The normalized spacial score (nSPS) is 23.9. The molecule has 0 saturated carbocycles. The molecule has 0 aliphatic carbocycles. The highest BCUT2D eigenvalue weighted by Gasteiger charge is 2.38. The number of aliphatic hydroxyl groups excluding tert-OH is 1. The van der Waals surface area contributed by atoms with Crippen molar-refractivity contribution in [2.24, 2.45) is 0 Å². The van der Waals surface area contributed by atoms with Crippen molar-refractivity contribution >= 4 is 22.7 Å². The number of anilines is 1. The Hall–Kier alpha value is -3.07. The number of allylic oxidation sites excluding steroid dienone is 1. The number of rotatable bonds is 5. The fraction of sp³-hybridized carbons (Fsp3) is 0.385. The minimum absolute atomic E-state index is 0.0404. The summed E-state index contributed by atoms with van der Waals surface area (Å²) >= 11 is 0. The van der Waals surface area contributed by atoms with Gasteiger partial charge in [0.2, 0.25) is 0 Å². The smallest absolute Gasteiger partial charge is 0.260 e. The molecule has 178 valence electrons. The molecule has 0 bridgehead atoms. The molecule has 1 saturated heterocycles. The highest BCUT2D eigenvalue weighted by atomic mass is 19.1. The number of nitrogens with one attached hydrogen (secondary N) is 1. The fourth-order valence-corrected chi connectivity index (χ4v) is 4.71. The maximum absolute atomic E-state index is 13.6. The van der Waals surface area contributed by atoms with Crippen molar-refractivity contribution in [2.75, 3.05) is 38.2 Å². The summed E-state index contributed by atoms with van der Waals surface area (Å²) in [5.41, 5.74) is 3.68. The molecule has 1 unspecified atom stereocenters. The number of carbonyl (C=O) groups is 1. The SMILES string of the molecule is CC1(C)OC(=C2C(=O)Nc3cc(F)ccc32)C=C1c1ccc(CCN2CCOC(CO)C2)nc1. The second-order valence-corrected chi connectivity index (χ2v) is 9.32. The van der Waals surface area contributed by atoms with Gasteiger partial charge in [-0.1, -0.05) is 6.07 Å². The summed E-state index contributed by atoms with van der Waals surface area (Å²) in [5.74, 6) is -0.233. The second kappa shape index (κ2) is 8.94. The number of morpholine rings is 1. The van der Waals surface area contributed by atoms with Crippen LogP contribution in [-0.4, -0.2) is 65.5 Å². The van der Waals surface area contributed by atoms with E-state index in [1.807, 2.05) is 38.3 Å². The van der Waals surface area contributed by atoms with Crippen LogP contribution in [0.25, 0.3) is 11.1 Å². The Kier molecular flexibility index (Phi) is 5.97. The van der Waals surface area contributed by atoms with Crippen LogP contribution >= 0.6 is 0 Å². The molecule has 1 atom stereocenters. The van der Waals surface area contributed by atoms with E-state index in [4.69, 9.17) is 9.47 Å². The van der Waals surface area contributed by atoms with Crippen molar-refractivity contribution in [3.05, 3.63) is 71.0 Å². The number of hydrogen-bond acceptors (Lipinski definition) is 6. The molecule has 5 rings (SSSR count). The van der Waals surface area contributed by atoms with E-state index in [9.17, 15) is 14.3 Å². The molecule has 0 spiro atoms. The molecule has 1 aromatic heterocycles. The maximum Gasteiger partial charge on any atom is 0.260 e. The summed E-state index contributed by atoms with van der Waals surface area (Å²) in [5, 5.41) is 12.0. The number of hydrogen-bond donors (Lipinski definition) is 2. The van der Waals surface area contributed by atoms with Crippen molar-refractivity contribution in [1.82, 2.24) is 9.88 Å². The van der Waals surface area contributed by atoms with Gasteiger partial charge in [-0.2, -0.15) is 0 Å². The van der Waals surface area contributed by atoms with E-state index < -0.39 is 11.4 Å². The van der Waals surface area contributed by atoms with Gasteiger partial charge in [-0.25, -0.2) is 4.39 Å². The molecule has 0 radical (unpaired) electrons. The van der Waals surface area contributed by atoms with Crippen LogP contribution in [0.1, 0.15) is 30.7 Å². The van der Waals surface area contributed by atoms with E-state index >= 15 is 0 Å². The van der Waals surface area contributed by atoms with Crippen LogP contribution in [0, 0.1) is 5.82 Å². The monoisotopic (exact) mass is 465 g/mol. The highest BCUT2D eigenvalue weighted by molar-refractivity contribution is 6.32. The zero-order valence-electron chi connectivity index (χ0n) is 19.3. The summed E-state index contributed by atoms with van der Waals surface area (Å²) in [6.07, 6.45) is 4.41. The molecule has 3 aliphatic heterocycles. The van der Waals surface area contributed by atoms with Gasteiger partial charge in [0.15, 0.2) is 0 Å². The number of ether oxygens (including phenoxy) is 2. The first kappa shape index (κ1) is 22.7. The van der Waals surface area contributed by atoms with Gasteiger partial charge in [-0.3, -0.25) is 14.7 Å². The number of fused-ring (bicyclic) bond motifs is 1. The van der Waals surface area contributed by atoms with Gasteiger partial charge in [0.05, 0.1) is 30.6 Å². The average Bonchev–Trinajstić information content (AvgIpc) is 3.32. The van der Waals surface area contributed by atoms with Gasteiger partial charge >= 0.3 is 0 Å². The Morgan fingerprint density at radius 2 is 2.15 bits per heavy atom. The van der Waals surface area contributed by atoms with Gasteiger partial charge in [0, 0.05) is 54.6 Å². The van der Waals surface area contributed by atoms with Crippen molar-refractivity contribution in [2.45, 2.75) is 32.0 Å². The largest absolute Gasteiger partial charge is 0.482 e. The van der Waals surface area contributed by atoms with Gasteiger partial charge in [0.1, 0.15) is 17.2 Å². The molecule has 8 heteroatoms. The molecule has 2 aromatic rings. The van der Waals surface area contributed by atoms with E-state index in [1.165, 1.54) is 12.1 Å². The van der Waals surface area contributed by atoms with E-state index in [0.29, 0.717) is 29.2 Å². The number of amides is 1. The van der Waals surface area contributed by atoms with Crippen LogP contribution in [0.4, 0.5) is 10.1 Å². The lowest BCUT2D eigenvalue weighted by Gasteiger charge is -2.31. The average molecular weight is 466 g/mol. The molecular weight excluding hydrogens is 437 g/mol. The van der Waals surface area contributed by atoms with E-state index in [1.54, 1.807) is 6.07 Å². The number of nitrogens with zero attached hydrogens (tertiary/aromatic N) is 2. The molecule has 1 fully saturated rings. The zero-order chi connectivity index (χ0) is 23.9. The number of pyridine rings is 1. The van der Waals surface area contributed by atoms with Crippen LogP contribution < -0.4 is 5.32 Å². The van der Waals surface area contributed by atoms with Crippen LogP contribution in [0.3, 0.4) is 0 Å². The summed E-state index contributed by atoms with van der Waals surface area (Å²) in [6, 6.07) is 8.30. The molecule has 4 heterocycles. The van der Waals surface area contributed by atoms with Gasteiger partial charge in [-0.05, 0) is 44.2 Å². The van der Waals surface area contributed by atoms with Gasteiger partial charge in [-0.15, -0.1) is 0 Å². The van der Waals surface area contributed by atoms with Gasteiger partial charge in [0.25, 0.3) is 5.91 Å². The second-order valence-electron chi connectivity index (χ2n) is 9.32. The minimum atomic E-state index is -0.651. The molecule has 2 N–H and O–H groups in total. The van der Waals surface area contributed by atoms with Crippen molar-refractivity contribution in [3.8, 4) is 0 Å². The predicted molar refractivity (Wildman–Crippen MR) is 126 cm³/mol. The zero-order valence-corrected chi connectivity index (χ0v) is 19.3. The molecule has 3 aliphatic rings. The standard InChI is InChI=1S/C26H28FN3O4/c1-26(2)21(12-23(34-26)24-20-6-4-17(27)11-22(20)29-25(24)32)16-3-5-18(28-13-16)7-8-30-9-10-33-19(14-30)15-31/h3-6,11-13,19,31H,7-10,14-15H2,1-2H3,(H,29,32). The third kappa shape index (κ3) is 4.36. The summed E-state index contributed by atoms with van der Waals surface area (Å²) in [7, 11) is 0. The van der Waals surface area contributed by atoms with Crippen LogP contribution in [0.15, 0.2) is 48.4 Å². The van der Waals surface area contributed by atoms with E-state index in [0.717, 1.165) is 42.9 Å². The number of aliphatic hydroxyl groups is 1. The van der Waals surface area contributed by atoms with Gasteiger partial charge < -0.3 is 19.9 Å². The topological polar surface area (TPSA) is 83.9 Å². The lowest BCUT2D eigenvalue weighted by molar-refractivity contribution is -0.111. The number of halogens is 1. The van der Waals surface area contributed by atoms with Crippen LogP contribution in [0.2, 0.25) is 0 Å². The summed E-state index contributed by atoms with van der Waals surface area (Å²) in [6.45, 7) is 7.02. The lowest BCUT2D eigenvalue weighted by atomic mass is 9.93. The first-order valence-corrected chi connectivity index (χ1v) is 11.5. The van der Waals surface area contributed by atoms with Crippen LogP contribution in [0.5, 0.6) is 0 Å².